The summed E-state index contributed by atoms with van der Waals surface area (Å²) in [4.78, 5) is 0. The summed E-state index contributed by atoms with van der Waals surface area (Å²) in [6.07, 6.45) is 4.67. The smallest absolute Gasteiger partial charge is 0.0613 e. The lowest BCUT2D eigenvalue weighted by Crippen LogP contribution is -2.45. The topological polar surface area (TPSA) is 32.3 Å². The van der Waals surface area contributed by atoms with Crippen LogP contribution >= 0.6 is 0 Å². The van der Waals surface area contributed by atoms with Crippen LogP contribution in [0.15, 0.2) is 24.3 Å². The van der Waals surface area contributed by atoms with Crippen LogP contribution in [-0.2, 0) is 12.0 Å². The fourth-order valence-corrected chi connectivity index (χ4v) is 2.85. The van der Waals surface area contributed by atoms with Gasteiger partial charge in [-0.25, -0.2) is 0 Å². The van der Waals surface area contributed by atoms with Crippen molar-refractivity contribution in [1.29, 1.82) is 0 Å². The second-order valence-electron chi connectivity index (χ2n) is 6.95. The predicted molar refractivity (Wildman–Crippen MR) is 80.3 cm³/mol. The van der Waals surface area contributed by atoms with Crippen molar-refractivity contribution >= 4 is 0 Å². The summed E-state index contributed by atoms with van der Waals surface area (Å²) in [6.45, 7) is 7.82. The highest BCUT2D eigenvalue weighted by molar-refractivity contribution is 5.27. The molecule has 1 saturated carbocycles. The average Bonchev–Trinajstić information content (AvgIpc) is 2.85. The minimum atomic E-state index is -0.0251. The number of nitrogens with one attached hydrogen (secondary N) is 1. The summed E-state index contributed by atoms with van der Waals surface area (Å²) in [5, 5.41) is 13.2. The summed E-state index contributed by atoms with van der Waals surface area (Å²) in [5.41, 5.74) is 2.86. The van der Waals surface area contributed by atoms with Crippen LogP contribution in [0.5, 0.6) is 0 Å². The first-order valence-corrected chi connectivity index (χ1v) is 7.41. The van der Waals surface area contributed by atoms with E-state index in [4.69, 9.17) is 0 Å². The van der Waals surface area contributed by atoms with Crippen LogP contribution in [0, 0.1) is 0 Å². The van der Waals surface area contributed by atoms with Crippen molar-refractivity contribution in [3.05, 3.63) is 35.4 Å². The average molecular weight is 261 g/mol. The number of rotatable bonds is 4. The van der Waals surface area contributed by atoms with Crippen molar-refractivity contribution in [3.63, 3.8) is 0 Å². The zero-order valence-corrected chi connectivity index (χ0v) is 12.5. The Morgan fingerprint density at radius 1 is 1.11 bits per heavy atom. The Labute approximate surface area is 117 Å². The highest BCUT2D eigenvalue weighted by Crippen LogP contribution is 2.29. The number of benzene rings is 1. The molecule has 1 aliphatic rings. The maximum Gasteiger partial charge on any atom is 0.0613 e. The van der Waals surface area contributed by atoms with E-state index in [0.29, 0.717) is 0 Å². The molecule has 0 bridgehead atoms. The first-order chi connectivity index (χ1) is 8.95. The second-order valence-corrected chi connectivity index (χ2v) is 6.95. The monoisotopic (exact) mass is 261 g/mol. The van der Waals surface area contributed by atoms with Crippen molar-refractivity contribution in [3.8, 4) is 0 Å². The number of aliphatic hydroxyl groups excluding tert-OH is 1. The molecule has 0 saturated heterocycles. The fraction of sp³-hybridized carbons (Fsp3) is 0.647. The number of hydrogen-bond acceptors (Lipinski definition) is 2. The van der Waals surface area contributed by atoms with Gasteiger partial charge in [-0.2, -0.15) is 0 Å². The highest BCUT2D eigenvalue weighted by atomic mass is 16.3. The Morgan fingerprint density at radius 3 is 2.16 bits per heavy atom. The first-order valence-electron chi connectivity index (χ1n) is 7.41. The van der Waals surface area contributed by atoms with E-state index in [9.17, 15) is 5.11 Å². The molecule has 1 aliphatic carbocycles. The molecule has 1 aromatic carbocycles. The van der Waals surface area contributed by atoms with E-state index in [1.165, 1.54) is 24.0 Å². The van der Waals surface area contributed by atoms with Crippen LogP contribution < -0.4 is 5.32 Å². The minimum absolute atomic E-state index is 0.0251. The maximum atomic E-state index is 9.58. The van der Waals surface area contributed by atoms with Gasteiger partial charge in [-0.05, 0) is 29.4 Å². The fourth-order valence-electron chi connectivity index (χ4n) is 2.85. The lowest BCUT2D eigenvalue weighted by molar-refractivity contribution is 0.163. The SMILES string of the molecule is CC(C)(C)c1ccc(CNC2(CO)CCCC2)cc1. The van der Waals surface area contributed by atoms with E-state index in [1.54, 1.807) is 0 Å². The Balaban J connectivity index is 1.96. The van der Waals surface area contributed by atoms with Crippen LogP contribution in [0.1, 0.15) is 57.6 Å². The van der Waals surface area contributed by atoms with Gasteiger partial charge in [-0.15, -0.1) is 0 Å². The molecule has 106 valence electrons. The van der Waals surface area contributed by atoms with Gasteiger partial charge in [0, 0.05) is 12.1 Å². The molecule has 0 radical (unpaired) electrons. The van der Waals surface area contributed by atoms with E-state index in [1.807, 2.05) is 0 Å². The van der Waals surface area contributed by atoms with E-state index in [2.05, 4.69) is 50.4 Å². The van der Waals surface area contributed by atoms with Crippen molar-refractivity contribution in [1.82, 2.24) is 5.32 Å². The maximum absolute atomic E-state index is 9.58. The molecule has 2 heteroatoms. The summed E-state index contributed by atoms with van der Waals surface area (Å²) in [7, 11) is 0. The van der Waals surface area contributed by atoms with Crippen molar-refractivity contribution in [2.45, 2.75) is 64.0 Å². The molecule has 1 aromatic rings. The Kier molecular flexibility index (Phi) is 4.32. The Bertz CT molecular complexity index is 396. The summed E-state index contributed by atoms with van der Waals surface area (Å²) in [6, 6.07) is 8.84. The Hall–Kier alpha value is -0.860. The van der Waals surface area contributed by atoms with Crippen LogP contribution in [0.3, 0.4) is 0 Å². The van der Waals surface area contributed by atoms with E-state index in [0.717, 1.165) is 19.4 Å². The Morgan fingerprint density at radius 2 is 1.68 bits per heavy atom. The molecule has 0 aromatic heterocycles. The van der Waals surface area contributed by atoms with Crippen LogP contribution in [0.4, 0.5) is 0 Å². The van der Waals surface area contributed by atoms with Gasteiger partial charge < -0.3 is 10.4 Å². The molecule has 1 fully saturated rings. The van der Waals surface area contributed by atoms with Gasteiger partial charge in [0.2, 0.25) is 0 Å². The molecular formula is C17H27NO. The highest BCUT2D eigenvalue weighted by Gasteiger charge is 2.32. The standard InChI is InChI=1S/C17H27NO/c1-16(2,3)15-8-6-14(7-9-15)12-18-17(13-19)10-4-5-11-17/h6-9,18-19H,4-5,10-13H2,1-3H3. The van der Waals surface area contributed by atoms with Gasteiger partial charge >= 0.3 is 0 Å². The third-order valence-electron chi connectivity index (χ3n) is 4.35. The summed E-state index contributed by atoms with van der Waals surface area (Å²) in [5.74, 6) is 0. The minimum Gasteiger partial charge on any atom is -0.394 e. The van der Waals surface area contributed by atoms with Crippen molar-refractivity contribution in [2.75, 3.05) is 6.61 Å². The van der Waals surface area contributed by atoms with Gasteiger partial charge in [0.1, 0.15) is 0 Å². The van der Waals surface area contributed by atoms with Crippen molar-refractivity contribution in [2.24, 2.45) is 0 Å². The first kappa shape index (κ1) is 14.5. The lowest BCUT2D eigenvalue weighted by Gasteiger charge is -2.28. The largest absolute Gasteiger partial charge is 0.394 e. The van der Waals surface area contributed by atoms with Gasteiger partial charge in [-0.3, -0.25) is 0 Å². The summed E-state index contributed by atoms with van der Waals surface area (Å²) < 4.78 is 0. The van der Waals surface area contributed by atoms with E-state index < -0.39 is 0 Å². The molecule has 2 nitrogen and oxygen atoms in total. The molecule has 0 atom stereocenters. The predicted octanol–water partition coefficient (Wildman–Crippen LogP) is 3.38. The number of aliphatic hydroxyl groups is 1. The van der Waals surface area contributed by atoms with Gasteiger partial charge in [0.15, 0.2) is 0 Å². The third kappa shape index (κ3) is 3.58. The molecule has 0 heterocycles. The molecule has 0 unspecified atom stereocenters. The molecular weight excluding hydrogens is 234 g/mol. The zero-order valence-electron chi connectivity index (χ0n) is 12.5. The molecule has 19 heavy (non-hydrogen) atoms. The van der Waals surface area contributed by atoms with Crippen LogP contribution in [0.2, 0.25) is 0 Å². The summed E-state index contributed by atoms with van der Waals surface area (Å²) >= 11 is 0. The molecule has 2 rings (SSSR count). The second kappa shape index (κ2) is 5.64. The number of hydrogen-bond donors (Lipinski definition) is 2. The van der Waals surface area contributed by atoms with Gasteiger partial charge in [-0.1, -0.05) is 57.9 Å². The van der Waals surface area contributed by atoms with Crippen LogP contribution in [-0.4, -0.2) is 17.3 Å². The molecule has 2 N–H and O–H groups in total. The van der Waals surface area contributed by atoms with Gasteiger partial charge in [0.25, 0.3) is 0 Å². The third-order valence-corrected chi connectivity index (χ3v) is 4.35. The van der Waals surface area contributed by atoms with Crippen LogP contribution in [0.25, 0.3) is 0 Å². The van der Waals surface area contributed by atoms with E-state index in [-0.39, 0.29) is 17.6 Å². The molecule has 0 spiro atoms. The van der Waals surface area contributed by atoms with Gasteiger partial charge in [0.05, 0.1) is 6.61 Å². The normalized spacial score (nSPS) is 18.7. The molecule has 0 amide bonds. The quantitative estimate of drug-likeness (QED) is 0.871. The van der Waals surface area contributed by atoms with Crippen molar-refractivity contribution < 1.29 is 5.11 Å². The van der Waals surface area contributed by atoms with E-state index >= 15 is 0 Å². The zero-order chi connectivity index (χ0) is 13.9. The lowest BCUT2D eigenvalue weighted by atomic mass is 9.86. The molecule has 0 aliphatic heterocycles.